The summed E-state index contributed by atoms with van der Waals surface area (Å²) in [5, 5.41) is 23.7. The average Bonchev–Trinajstić information content (AvgIpc) is 3.63. The van der Waals surface area contributed by atoms with E-state index in [1.165, 1.54) is 0 Å². The van der Waals surface area contributed by atoms with Crippen LogP contribution in [0.3, 0.4) is 0 Å². The average molecular weight is 686 g/mol. The number of carboxylic acid groups (broad SMARTS) is 1. The summed E-state index contributed by atoms with van der Waals surface area (Å²) in [7, 11) is 0. The summed E-state index contributed by atoms with van der Waals surface area (Å²) in [5.74, 6) is -0.388. The minimum Gasteiger partial charge on any atom is -0.483 e. The fraction of sp³-hybridized carbons (Fsp3) is 0.371. The normalized spacial score (nSPS) is 16.2. The first kappa shape index (κ1) is 37.0. The maximum atomic E-state index is 14.3. The van der Waals surface area contributed by atoms with Crippen LogP contribution in [0.25, 0.3) is 22.5 Å². The van der Waals surface area contributed by atoms with E-state index in [4.69, 9.17) is 26.1 Å². The summed E-state index contributed by atoms with van der Waals surface area (Å²) in [4.78, 5) is 53.7. The predicted octanol–water partition coefficient (Wildman–Crippen LogP) is 3.97. The first-order chi connectivity index (χ1) is 23.9. The van der Waals surface area contributed by atoms with Crippen molar-refractivity contribution < 1.29 is 29.0 Å². The molecule has 2 aromatic heterocycles. The van der Waals surface area contributed by atoms with Gasteiger partial charge in [-0.2, -0.15) is 0 Å². The number of nitrogens with one attached hydrogen (secondary N) is 2. The molecule has 15 heteroatoms. The van der Waals surface area contributed by atoms with Crippen molar-refractivity contribution in [2.45, 2.75) is 64.5 Å². The highest BCUT2D eigenvalue weighted by atomic mass is 16.6. The van der Waals surface area contributed by atoms with Crippen molar-refractivity contribution in [2.24, 2.45) is 17.6 Å². The van der Waals surface area contributed by atoms with Crippen LogP contribution in [0.1, 0.15) is 52.0 Å². The number of pyridine rings is 1. The zero-order chi connectivity index (χ0) is 36.3. The number of rotatable bonds is 10. The van der Waals surface area contributed by atoms with Gasteiger partial charge < -0.3 is 26.6 Å². The molecule has 15 nitrogen and oxygen atoms in total. The van der Waals surface area contributed by atoms with Gasteiger partial charge in [0.2, 0.25) is 11.8 Å². The number of tetrazole rings is 1. The number of hydrogen-bond acceptors (Lipinski definition) is 10. The van der Waals surface area contributed by atoms with Crippen LogP contribution in [0.5, 0.6) is 0 Å². The summed E-state index contributed by atoms with van der Waals surface area (Å²) in [6.07, 6.45) is 5.83. The van der Waals surface area contributed by atoms with E-state index in [0.29, 0.717) is 36.6 Å². The fourth-order valence-corrected chi connectivity index (χ4v) is 5.87. The van der Waals surface area contributed by atoms with Crippen molar-refractivity contribution in [3.63, 3.8) is 0 Å². The van der Waals surface area contributed by atoms with Crippen LogP contribution >= 0.6 is 0 Å². The van der Waals surface area contributed by atoms with Gasteiger partial charge in [-0.1, -0.05) is 24.3 Å². The van der Waals surface area contributed by atoms with Crippen molar-refractivity contribution in [1.29, 1.82) is 0 Å². The van der Waals surface area contributed by atoms with Crippen LogP contribution in [0, 0.1) is 11.8 Å². The van der Waals surface area contributed by atoms with Gasteiger partial charge in [0, 0.05) is 48.1 Å². The largest absolute Gasteiger partial charge is 0.483 e. The molecule has 4 aromatic rings. The summed E-state index contributed by atoms with van der Waals surface area (Å²) in [6, 6.07) is 15.7. The van der Waals surface area contributed by atoms with Crippen molar-refractivity contribution in [3.8, 4) is 22.5 Å². The Bertz CT molecular complexity index is 1720. The molecule has 264 valence electrons. The van der Waals surface area contributed by atoms with E-state index in [0.717, 1.165) is 35.1 Å². The summed E-state index contributed by atoms with van der Waals surface area (Å²) < 4.78 is 5.36. The second-order valence-corrected chi connectivity index (χ2v) is 13.0. The van der Waals surface area contributed by atoms with Gasteiger partial charge in [-0.3, -0.25) is 24.3 Å². The number of hydrogen-bond donors (Lipinski definition) is 5. The Hall–Kier alpha value is -5.86. The molecule has 0 saturated heterocycles. The Morgan fingerprint density at radius 1 is 1.02 bits per heavy atom. The first-order valence-corrected chi connectivity index (χ1v) is 16.2. The number of primary amides is 1. The van der Waals surface area contributed by atoms with Crippen molar-refractivity contribution in [2.75, 3.05) is 17.2 Å². The van der Waals surface area contributed by atoms with Gasteiger partial charge in [-0.15, -0.1) is 5.10 Å². The van der Waals surface area contributed by atoms with E-state index in [-0.39, 0.29) is 30.6 Å². The van der Waals surface area contributed by atoms with Crippen LogP contribution in [0.4, 0.5) is 16.2 Å². The number of alkyl carbamates (subject to hydrolysis) is 1. The van der Waals surface area contributed by atoms with E-state index < -0.39 is 23.6 Å². The summed E-state index contributed by atoms with van der Waals surface area (Å²) in [5.41, 5.74) is 15.8. The Morgan fingerprint density at radius 3 is 2.22 bits per heavy atom. The molecule has 1 fully saturated rings. The number of carbonyl (C=O) groups is 4. The second kappa shape index (κ2) is 17.0. The SMILES string of the molecule is CC(C)(C)OC(=O)NC[C@H]1CC[C@H](C(=O)N(c2ccc(-c3nnn[nH]3)cc2)[C@@H](Cc2ccc(-c3cncc(N)c3)cc2)C(N)=O)CC1.O=CO. The van der Waals surface area contributed by atoms with Crippen LogP contribution in [-0.2, 0) is 25.5 Å². The number of benzene rings is 2. The van der Waals surface area contributed by atoms with Gasteiger partial charge in [0.05, 0.1) is 5.69 Å². The molecule has 50 heavy (non-hydrogen) atoms. The number of H-pyrrole nitrogens is 1. The zero-order valence-corrected chi connectivity index (χ0v) is 28.3. The number of carbonyl (C=O) groups excluding carboxylic acids is 3. The molecule has 2 aromatic carbocycles. The Morgan fingerprint density at radius 2 is 1.66 bits per heavy atom. The minimum atomic E-state index is -0.938. The zero-order valence-electron chi connectivity index (χ0n) is 28.3. The standard InChI is InChI=1S/C34H41N9O4.CH2O2/c1-34(2,3)47-33(46)38-18-22-6-10-25(11-7-22)32(45)43(28-14-12-24(13-15-28)31-39-41-42-40-31)29(30(36)44)16-21-4-8-23(9-5-21)26-17-27(35)20-37-19-26;2-1-3/h4-5,8-9,12-15,17,19-20,22,25,29H,6-7,10-11,16,18,35H2,1-3H3,(H2,36,44)(H,38,46)(H,39,40,41,42);1H,(H,2,3)/t22-,25-,29-;/m0./s1. The molecule has 1 aliphatic rings. The molecular weight excluding hydrogens is 642 g/mol. The maximum Gasteiger partial charge on any atom is 0.407 e. The first-order valence-electron chi connectivity index (χ1n) is 16.2. The molecule has 5 rings (SSSR count). The minimum absolute atomic E-state index is 0.163. The lowest BCUT2D eigenvalue weighted by atomic mass is 9.81. The fourth-order valence-electron chi connectivity index (χ4n) is 5.87. The van der Waals surface area contributed by atoms with Crippen molar-refractivity contribution in [3.05, 3.63) is 72.6 Å². The Kier molecular flexibility index (Phi) is 12.6. The van der Waals surface area contributed by atoms with Gasteiger partial charge in [-0.25, -0.2) is 9.89 Å². The monoisotopic (exact) mass is 685 g/mol. The lowest BCUT2D eigenvalue weighted by molar-refractivity contribution is -0.127. The van der Waals surface area contributed by atoms with Gasteiger partial charge >= 0.3 is 6.09 Å². The summed E-state index contributed by atoms with van der Waals surface area (Å²) >= 11 is 0. The van der Waals surface area contributed by atoms with Crippen molar-refractivity contribution >= 4 is 35.8 Å². The molecule has 0 spiro atoms. The lowest BCUT2D eigenvalue weighted by Crippen LogP contribution is -2.52. The van der Waals surface area contributed by atoms with Crippen molar-refractivity contribution in [1.82, 2.24) is 30.9 Å². The van der Waals surface area contributed by atoms with Gasteiger partial charge in [-0.05, 0) is 104 Å². The Balaban J connectivity index is 0.00000181. The maximum absolute atomic E-state index is 14.3. The molecule has 0 unspecified atom stereocenters. The smallest absolute Gasteiger partial charge is 0.407 e. The number of ether oxygens (including phenoxy) is 1. The van der Waals surface area contributed by atoms with E-state index in [2.05, 4.69) is 30.9 Å². The van der Waals surface area contributed by atoms with E-state index >= 15 is 0 Å². The molecule has 1 aliphatic carbocycles. The van der Waals surface area contributed by atoms with Gasteiger partial charge in [0.15, 0.2) is 5.82 Å². The number of amides is 3. The number of nitrogens with two attached hydrogens (primary N) is 2. The highest BCUT2D eigenvalue weighted by molar-refractivity contribution is 6.01. The molecule has 1 atom stereocenters. The molecule has 0 radical (unpaired) electrons. The number of nitrogens with zero attached hydrogens (tertiary/aromatic N) is 5. The van der Waals surface area contributed by atoms with E-state index in [1.807, 2.05) is 51.1 Å². The lowest BCUT2D eigenvalue weighted by Gasteiger charge is -2.36. The van der Waals surface area contributed by atoms with Gasteiger partial charge in [0.1, 0.15) is 11.6 Å². The molecule has 0 aliphatic heterocycles. The number of aromatic nitrogens is 5. The van der Waals surface area contributed by atoms with Crippen LogP contribution < -0.4 is 21.7 Å². The number of anilines is 2. The third-order valence-electron chi connectivity index (χ3n) is 8.25. The predicted molar refractivity (Wildman–Crippen MR) is 186 cm³/mol. The summed E-state index contributed by atoms with van der Waals surface area (Å²) in [6.45, 7) is 5.69. The molecular formula is C35H43N9O6. The molecule has 3 amide bonds. The third kappa shape index (κ3) is 10.3. The van der Waals surface area contributed by atoms with Crippen LogP contribution in [-0.4, -0.2) is 73.3 Å². The van der Waals surface area contributed by atoms with E-state index in [1.54, 1.807) is 41.6 Å². The molecule has 7 N–H and O–H groups in total. The number of aromatic amines is 1. The highest BCUT2D eigenvalue weighted by Gasteiger charge is 2.36. The topological polar surface area (TPSA) is 232 Å². The molecule has 1 saturated carbocycles. The Labute approximate surface area is 289 Å². The van der Waals surface area contributed by atoms with E-state index in [9.17, 15) is 14.4 Å². The molecule has 2 heterocycles. The van der Waals surface area contributed by atoms with Crippen LogP contribution in [0.2, 0.25) is 0 Å². The van der Waals surface area contributed by atoms with Gasteiger partial charge in [0.25, 0.3) is 6.47 Å². The molecule has 0 bridgehead atoms. The highest BCUT2D eigenvalue weighted by Crippen LogP contribution is 2.33. The quantitative estimate of drug-likeness (QED) is 0.150. The number of nitrogen functional groups attached to an aromatic ring is 1. The van der Waals surface area contributed by atoms with Crippen LogP contribution in [0.15, 0.2) is 67.0 Å². The third-order valence-corrected chi connectivity index (χ3v) is 8.25. The second-order valence-electron chi connectivity index (χ2n) is 13.0.